The molecule has 0 unspecified atom stereocenters. The molecule has 0 spiro atoms. The second-order valence-corrected chi connectivity index (χ2v) is 3.48. The number of aromatic nitrogens is 3. The number of rotatable bonds is 0. The summed E-state index contributed by atoms with van der Waals surface area (Å²) >= 11 is 0. The quantitative estimate of drug-likeness (QED) is 0.562. The van der Waals surface area contributed by atoms with Crippen LogP contribution < -0.4 is 5.56 Å². The molecule has 0 radical (unpaired) electrons. The van der Waals surface area contributed by atoms with Gasteiger partial charge in [-0.25, -0.2) is 0 Å². The summed E-state index contributed by atoms with van der Waals surface area (Å²) in [7, 11) is 0. The molecular weight excluding hydrogens is 202 g/mol. The van der Waals surface area contributed by atoms with E-state index in [1.54, 1.807) is 12.4 Å². The van der Waals surface area contributed by atoms with Crippen LogP contribution in [0.15, 0.2) is 47.5 Å². The largest absolute Gasteiger partial charge is 0.288 e. The van der Waals surface area contributed by atoms with Crippen molar-refractivity contribution in [3.8, 4) is 11.3 Å². The Balaban J connectivity index is 2.56. The van der Waals surface area contributed by atoms with E-state index in [1.165, 1.54) is 6.07 Å². The molecule has 0 fully saturated rings. The Hall–Kier alpha value is -2.36. The summed E-state index contributed by atoms with van der Waals surface area (Å²) in [6.07, 6.45) is 3.46. The van der Waals surface area contributed by atoms with Crippen molar-refractivity contribution in [2.45, 2.75) is 0 Å². The molecule has 0 amide bonds. The van der Waals surface area contributed by atoms with Crippen LogP contribution in [0.4, 0.5) is 0 Å². The number of nitrogens with zero attached hydrogens (tertiary/aromatic N) is 3. The molecule has 2 aliphatic rings. The zero-order valence-electron chi connectivity index (χ0n) is 8.29. The molecule has 76 valence electrons. The molecule has 0 N–H and O–H groups in total. The summed E-state index contributed by atoms with van der Waals surface area (Å²) in [5.74, 6) is 0. The van der Waals surface area contributed by atoms with Gasteiger partial charge < -0.3 is 0 Å². The van der Waals surface area contributed by atoms with Crippen molar-refractivity contribution in [1.29, 1.82) is 0 Å². The minimum absolute atomic E-state index is 0.323. The lowest BCUT2D eigenvalue weighted by Gasteiger charge is -1.99. The van der Waals surface area contributed by atoms with E-state index in [4.69, 9.17) is 0 Å². The smallest absolute Gasteiger partial charge is 0.266 e. The Morgan fingerprint density at radius 1 is 1.06 bits per heavy atom. The zero-order valence-corrected chi connectivity index (χ0v) is 8.29. The minimum Gasteiger partial charge on any atom is -0.266 e. The molecule has 4 nitrogen and oxygen atoms in total. The second-order valence-electron chi connectivity index (χ2n) is 3.48. The lowest BCUT2D eigenvalue weighted by Crippen LogP contribution is -2.07. The molecule has 0 atom stereocenters. The highest BCUT2D eigenvalue weighted by atomic mass is 16.1. The average molecular weight is 209 g/mol. The molecule has 1 aliphatic carbocycles. The van der Waals surface area contributed by atoms with E-state index in [9.17, 15) is 4.79 Å². The van der Waals surface area contributed by atoms with Gasteiger partial charge in [-0.2, -0.15) is 0 Å². The van der Waals surface area contributed by atoms with Gasteiger partial charge in [0.25, 0.3) is 5.56 Å². The maximum absolute atomic E-state index is 11.1. The van der Waals surface area contributed by atoms with Gasteiger partial charge in [-0.3, -0.25) is 9.78 Å². The molecule has 1 aromatic rings. The van der Waals surface area contributed by atoms with Gasteiger partial charge in [0.05, 0.1) is 0 Å². The van der Waals surface area contributed by atoms with Crippen molar-refractivity contribution >= 4 is 10.8 Å². The van der Waals surface area contributed by atoms with Crippen LogP contribution >= 0.6 is 0 Å². The first kappa shape index (κ1) is 8.91. The first-order valence-electron chi connectivity index (χ1n) is 4.85. The van der Waals surface area contributed by atoms with E-state index < -0.39 is 0 Å². The fourth-order valence-electron chi connectivity index (χ4n) is 1.73. The van der Waals surface area contributed by atoms with Crippen LogP contribution in [0.3, 0.4) is 0 Å². The SMILES string of the molecule is O=c1cc2cccc3ccncc3c-2nn1. The van der Waals surface area contributed by atoms with Crippen molar-refractivity contribution in [1.82, 2.24) is 15.2 Å². The molecular formula is C12H7N3O. The van der Waals surface area contributed by atoms with Gasteiger partial charge in [-0.05, 0) is 11.5 Å². The predicted octanol–water partition coefficient (Wildman–Crippen LogP) is 1.49. The number of hydrogen-bond donors (Lipinski definition) is 0. The van der Waals surface area contributed by atoms with Crippen LogP contribution in [-0.4, -0.2) is 15.2 Å². The maximum atomic E-state index is 11.1. The van der Waals surface area contributed by atoms with E-state index in [-0.39, 0.29) is 5.56 Å². The Kier molecular flexibility index (Phi) is 1.86. The van der Waals surface area contributed by atoms with Gasteiger partial charge in [-0.1, -0.05) is 18.2 Å². The fraction of sp³-hybridized carbons (Fsp3) is 0. The Morgan fingerprint density at radius 3 is 2.94 bits per heavy atom. The Morgan fingerprint density at radius 2 is 2.00 bits per heavy atom. The lowest BCUT2D eigenvalue weighted by atomic mass is 10.1. The lowest BCUT2D eigenvalue weighted by molar-refractivity contribution is 0.999. The summed E-state index contributed by atoms with van der Waals surface area (Å²) in [5, 5.41) is 9.42. The number of fused-ring (bicyclic) bond motifs is 3. The normalized spacial score (nSPS) is 10.8. The molecule has 0 saturated carbocycles. The second kappa shape index (κ2) is 3.34. The monoisotopic (exact) mass is 209 g/mol. The van der Waals surface area contributed by atoms with E-state index >= 15 is 0 Å². The summed E-state index contributed by atoms with van der Waals surface area (Å²) < 4.78 is 0. The van der Waals surface area contributed by atoms with Gasteiger partial charge in [-0.15, -0.1) is 10.2 Å². The summed E-state index contributed by atoms with van der Waals surface area (Å²) in [6.45, 7) is 0. The van der Waals surface area contributed by atoms with Gasteiger partial charge in [0, 0.05) is 29.4 Å². The summed E-state index contributed by atoms with van der Waals surface area (Å²) in [5.41, 5.74) is 1.16. The molecule has 1 aromatic heterocycles. The Bertz CT molecular complexity index is 696. The average Bonchev–Trinajstić information content (AvgIpc) is 2.47. The third kappa shape index (κ3) is 1.32. The van der Waals surface area contributed by atoms with Crippen molar-refractivity contribution in [2.24, 2.45) is 0 Å². The van der Waals surface area contributed by atoms with Gasteiger partial charge in [0.1, 0.15) is 5.69 Å². The number of hydrogen-bond acceptors (Lipinski definition) is 4. The molecule has 0 bridgehead atoms. The van der Waals surface area contributed by atoms with Crippen molar-refractivity contribution in [3.63, 3.8) is 0 Å². The topological polar surface area (TPSA) is 55.7 Å². The standard InChI is InChI=1S/C12H7N3O/c16-11-6-9-3-1-2-8-4-5-13-7-10(8)12(9)15-14-11/h1-7H. The van der Waals surface area contributed by atoms with E-state index in [1.807, 2.05) is 24.3 Å². The molecule has 0 aromatic carbocycles. The van der Waals surface area contributed by atoms with Crippen molar-refractivity contribution < 1.29 is 0 Å². The Labute approximate surface area is 90.9 Å². The predicted molar refractivity (Wildman–Crippen MR) is 60.2 cm³/mol. The summed E-state index contributed by atoms with van der Waals surface area (Å²) in [6, 6.07) is 9.09. The van der Waals surface area contributed by atoms with Crippen LogP contribution in [0.5, 0.6) is 0 Å². The molecule has 4 heteroatoms. The zero-order chi connectivity index (χ0) is 11.0. The fourth-order valence-corrected chi connectivity index (χ4v) is 1.73. The highest BCUT2D eigenvalue weighted by Gasteiger charge is 2.07. The van der Waals surface area contributed by atoms with E-state index in [0.29, 0.717) is 5.69 Å². The number of pyridine rings is 1. The van der Waals surface area contributed by atoms with Crippen LogP contribution in [0.25, 0.3) is 22.0 Å². The molecule has 16 heavy (non-hydrogen) atoms. The maximum Gasteiger partial charge on any atom is 0.288 e. The third-order valence-electron chi connectivity index (χ3n) is 2.46. The van der Waals surface area contributed by atoms with E-state index in [2.05, 4.69) is 15.2 Å². The van der Waals surface area contributed by atoms with E-state index in [0.717, 1.165) is 16.3 Å². The van der Waals surface area contributed by atoms with Crippen LogP contribution in [0.1, 0.15) is 0 Å². The first-order valence-corrected chi connectivity index (χ1v) is 4.85. The molecule has 0 saturated heterocycles. The third-order valence-corrected chi connectivity index (χ3v) is 2.46. The molecule has 3 rings (SSSR count). The van der Waals surface area contributed by atoms with Gasteiger partial charge in [0.2, 0.25) is 0 Å². The first-order chi connectivity index (χ1) is 7.84. The van der Waals surface area contributed by atoms with Crippen LogP contribution in [-0.2, 0) is 0 Å². The van der Waals surface area contributed by atoms with Crippen molar-refractivity contribution in [3.05, 3.63) is 53.1 Å². The van der Waals surface area contributed by atoms with Crippen LogP contribution in [0.2, 0.25) is 0 Å². The van der Waals surface area contributed by atoms with Gasteiger partial charge >= 0.3 is 0 Å². The summed E-state index contributed by atoms with van der Waals surface area (Å²) in [4.78, 5) is 15.2. The molecule has 2 heterocycles. The van der Waals surface area contributed by atoms with Crippen molar-refractivity contribution in [2.75, 3.05) is 0 Å². The van der Waals surface area contributed by atoms with Gasteiger partial charge in [0.15, 0.2) is 0 Å². The minimum atomic E-state index is -0.323. The highest BCUT2D eigenvalue weighted by molar-refractivity contribution is 5.93. The van der Waals surface area contributed by atoms with Crippen LogP contribution in [0, 0.1) is 0 Å². The highest BCUT2D eigenvalue weighted by Crippen LogP contribution is 2.24. The molecule has 1 aliphatic heterocycles.